The maximum Gasteiger partial charge on any atom is 0.254 e. The summed E-state index contributed by atoms with van der Waals surface area (Å²) in [5.74, 6) is -0.296. The SMILES string of the molecule is CC1=C(n2c(N)c(C(N)=O)c3nc(-c4cnccn4)cnc32)C(C)[C@@H](C)C=C1O. The second-order valence-corrected chi connectivity index (χ2v) is 7.19. The molecule has 9 nitrogen and oxygen atoms in total. The Hall–Kier alpha value is -3.75. The summed E-state index contributed by atoms with van der Waals surface area (Å²) in [6, 6.07) is 0. The average Bonchev–Trinajstić information content (AvgIpc) is 2.99. The average molecular weight is 391 g/mol. The van der Waals surface area contributed by atoms with E-state index in [-0.39, 0.29) is 34.5 Å². The van der Waals surface area contributed by atoms with Crippen molar-refractivity contribution in [3.63, 3.8) is 0 Å². The van der Waals surface area contributed by atoms with E-state index in [2.05, 4.69) is 19.9 Å². The number of aromatic nitrogens is 5. The number of nitrogens with zero attached hydrogens (tertiary/aromatic N) is 5. The molecule has 1 amide bonds. The molecule has 1 aliphatic carbocycles. The van der Waals surface area contributed by atoms with Crippen molar-refractivity contribution >= 4 is 28.6 Å². The normalized spacial score (nSPS) is 19.5. The molecule has 1 unspecified atom stereocenters. The molecule has 0 bridgehead atoms. The van der Waals surface area contributed by atoms with E-state index in [1.54, 1.807) is 42.4 Å². The Morgan fingerprint density at radius 3 is 2.59 bits per heavy atom. The number of anilines is 1. The second kappa shape index (κ2) is 6.69. The van der Waals surface area contributed by atoms with Gasteiger partial charge in [-0.05, 0) is 18.9 Å². The summed E-state index contributed by atoms with van der Waals surface area (Å²) in [7, 11) is 0. The molecule has 9 heteroatoms. The highest BCUT2D eigenvalue weighted by Crippen LogP contribution is 2.40. The van der Waals surface area contributed by atoms with Crippen LogP contribution in [-0.2, 0) is 0 Å². The van der Waals surface area contributed by atoms with Crippen LogP contribution in [0.25, 0.3) is 28.2 Å². The maximum atomic E-state index is 12.2. The highest BCUT2D eigenvalue weighted by molar-refractivity contribution is 6.10. The smallest absolute Gasteiger partial charge is 0.254 e. The molecule has 3 aromatic rings. The number of allylic oxidation sites excluding steroid dienone is 3. The molecule has 0 aromatic carbocycles. The first-order chi connectivity index (χ1) is 13.8. The minimum atomic E-state index is -0.702. The molecule has 3 aromatic heterocycles. The van der Waals surface area contributed by atoms with Crippen molar-refractivity contribution in [1.82, 2.24) is 24.5 Å². The van der Waals surface area contributed by atoms with Crippen LogP contribution in [0, 0.1) is 11.8 Å². The van der Waals surface area contributed by atoms with Crippen LogP contribution >= 0.6 is 0 Å². The van der Waals surface area contributed by atoms with Crippen LogP contribution in [0.4, 0.5) is 5.82 Å². The number of rotatable bonds is 3. The molecule has 2 atom stereocenters. The summed E-state index contributed by atoms with van der Waals surface area (Å²) in [5, 5.41) is 10.4. The zero-order valence-electron chi connectivity index (χ0n) is 16.3. The lowest BCUT2D eigenvalue weighted by Gasteiger charge is -2.29. The van der Waals surface area contributed by atoms with E-state index in [1.165, 1.54) is 0 Å². The van der Waals surface area contributed by atoms with Crippen LogP contribution in [0.1, 0.15) is 31.1 Å². The summed E-state index contributed by atoms with van der Waals surface area (Å²) in [6.07, 6.45) is 8.01. The Balaban J connectivity index is 2.04. The highest BCUT2D eigenvalue weighted by atomic mass is 16.3. The number of nitrogens with two attached hydrogens (primary N) is 2. The second-order valence-electron chi connectivity index (χ2n) is 7.19. The van der Waals surface area contributed by atoms with Crippen molar-refractivity contribution in [2.75, 3.05) is 5.73 Å². The summed E-state index contributed by atoms with van der Waals surface area (Å²) >= 11 is 0. The lowest BCUT2D eigenvalue weighted by molar-refractivity contribution is 0.100. The van der Waals surface area contributed by atoms with E-state index < -0.39 is 5.91 Å². The number of carbonyl (C=O) groups is 1. The van der Waals surface area contributed by atoms with Gasteiger partial charge in [-0.3, -0.25) is 19.3 Å². The van der Waals surface area contributed by atoms with Gasteiger partial charge in [0.2, 0.25) is 0 Å². The summed E-state index contributed by atoms with van der Waals surface area (Å²) in [6.45, 7) is 5.84. The van der Waals surface area contributed by atoms with Gasteiger partial charge >= 0.3 is 0 Å². The van der Waals surface area contributed by atoms with E-state index in [9.17, 15) is 9.90 Å². The molecule has 0 saturated carbocycles. The Labute approximate surface area is 166 Å². The summed E-state index contributed by atoms with van der Waals surface area (Å²) < 4.78 is 1.67. The Morgan fingerprint density at radius 1 is 1.17 bits per heavy atom. The third-order valence-electron chi connectivity index (χ3n) is 5.42. The molecule has 0 aliphatic heterocycles. The predicted octanol–water partition coefficient (Wildman–Crippen LogP) is 2.53. The highest BCUT2D eigenvalue weighted by Gasteiger charge is 2.31. The predicted molar refractivity (Wildman–Crippen MR) is 109 cm³/mol. The third-order valence-corrected chi connectivity index (χ3v) is 5.42. The van der Waals surface area contributed by atoms with E-state index in [0.717, 1.165) is 5.70 Å². The van der Waals surface area contributed by atoms with Crippen molar-refractivity contribution in [2.24, 2.45) is 17.6 Å². The van der Waals surface area contributed by atoms with Gasteiger partial charge in [-0.25, -0.2) is 9.97 Å². The standard InChI is InChI=1S/C20H21N7O2/c1-9-6-14(28)11(3)17(10(9)2)27-18(21)15(19(22)29)16-20(27)25-8-13(26-16)12-7-23-4-5-24-12/h4-10,28H,21H2,1-3H3,(H2,22,29)/t9-,10?/m0/s1. The fourth-order valence-electron chi connectivity index (χ4n) is 3.71. The van der Waals surface area contributed by atoms with Crippen LogP contribution in [-0.4, -0.2) is 35.5 Å². The van der Waals surface area contributed by atoms with Crippen molar-refractivity contribution in [3.8, 4) is 11.4 Å². The number of amides is 1. The van der Waals surface area contributed by atoms with Gasteiger partial charge in [-0.1, -0.05) is 13.8 Å². The van der Waals surface area contributed by atoms with Crippen molar-refractivity contribution in [3.05, 3.63) is 47.8 Å². The molecular weight excluding hydrogens is 370 g/mol. The molecule has 0 spiro atoms. The topological polar surface area (TPSA) is 146 Å². The first-order valence-electron chi connectivity index (χ1n) is 9.16. The van der Waals surface area contributed by atoms with Gasteiger partial charge in [0.1, 0.15) is 34.0 Å². The molecule has 0 radical (unpaired) electrons. The molecule has 3 heterocycles. The van der Waals surface area contributed by atoms with Gasteiger partial charge in [0, 0.05) is 29.6 Å². The van der Waals surface area contributed by atoms with Crippen LogP contribution in [0.2, 0.25) is 0 Å². The van der Waals surface area contributed by atoms with Gasteiger partial charge in [-0.2, -0.15) is 0 Å². The monoisotopic (exact) mass is 391 g/mol. The Kier molecular flexibility index (Phi) is 4.30. The number of fused-ring (bicyclic) bond motifs is 1. The fraction of sp³-hybridized carbons (Fsp3) is 0.250. The Bertz CT molecular complexity index is 1190. The Morgan fingerprint density at radius 2 is 1.93 bits per heavy atom. The number of hydrogen-bond acceptors (Lipinski definition) is 7. The van der Waals surface area contributed by atoms with Crippen LogP contribution in [0.5, 0.6) is 0 Å². The van der Waals surface area contributed by atoms with Crippen LogP contribution in [0.15, 0.2) is 42.2 Å². The molecule has 29 heavy (non-hydrogen) atoms. The number of primary amides is 1. The number of aliphatic hydroxyl groups excluding tert-OH is 1. The van der Waals surface area contributed by atoms with Crippen LogP contribution in [0.3, 0.4) is 0 Å². The maximum absolute atomic E-state index is 12.2. The van der Waals surface area contributed by atoms with Gasteiger partial charge in [0.25, 0.3) is 5.91 Å². The van der Waals surface area contributed by atoms with Gasteiger partial charge in [0.15, 0.2) is 5.65 Å². The minimum absolute atomic E-state index is 0.0194. The van der Waals surface area contributed by atoms with Crippen LogP contribution < -0.4 is 11.5 Å². The lowest BCUT2D eigenvalue weighted by atomic mass is 9.84. The zero-order chi connectivity index (χ0) is 20.9. The van der Waals surface area contributed by atoms with E-state index in [1.807, 2.05) is 13.8 Å². The zero-order valence-corrected chi connectivity index (χ0v) is 16.3. The minimum Gasteiger partial charge on any atom is -0.508 e. The van der Waals surface area contributed by atoms with E-state index >= 15 is 0 Å². The van der Waals surface area contributed by atoms with E-state index in [0.29, 0.717) is 22.6 Å². The molecule has 0 saturated heterocycles. The molecule has 0 fully saturated rings. The largest absolute Gasteiger partial charge is 0.508 e. The molecule has 148 valence electrons. The number of nitrogen functional groups attached to an aromatic ring is 1. The first-order valence-corrected chi connectivity index (χ1v) is 9.16. The van der Waals surface area contributed by atoms with Gasteiger partial charge in [-0.15, -0.1) is 0 Å². The number of hydrogen-bond donors (Lipinski definition) is 3. The summed E-state index contributed by atoms with van der Waals surface area (Å²) in [5.41, 5.74) is 15.2. The lowest BCUT2D eigenvalue weighted by Crippen LogP contribution is -2.21. The summed E-state index contributed by atoms with van der Waals surface area (Å²) in [4.78, 5) is 29.6. The molecule has 5 N–H and O–H groups in total. The molecule has 1 aliphatic rings. The molecule has 4 rings (SSSR count). The van der Waals surface area contributed by atoms with Gasteiger partial charge < -0.3 is 16.6 Å². The molecular formula is C20H21N7O2. The quantitative estimate of drug-likeness (QED) is 0.622. The number of aliphatic hydroxyl groups is 1. The fourth-order valence-corrected chi connectivity index (χ4v) is 3.71. The van der Waals surface area contributed by atoms with Gasteiger partial charge in [0.05, 0.1) is 12.4 Å². The third kappa shape index (κ3) is 2.82. The van der Waals surface area contributed by atoms with E-state index in [4.69, 9.17) is 11.5 Å². The van der Waals surface area contributed by atoms with Crippen molar-refractivity contribution in [1.29, 1.82) is 0 Å². The van der Waals surface area contributed by atoms with Crippen molar-refractivity contribution in [2.45, 2.75) is 20.8 Å². The van der Waals surface area contributed by atoms with Crippen molar-refractivity contribution < 1.29 is 9.90 Å². The first kappa shape index (κ1) is 18.6. The number of carbonyl (C=O) groups excluding carboxylic acids is 1.